The van der Waals surface area contributed by atoms with Crippen molar-refractivity contribution < 1.29 is 9.68 Å². The van der Waals surface area contributed by atoms with Crippen LogP contribution in [0, 0.1) is 0 Å². The second-order valence-corrected chi connectivity index (χ2v) is 2.47. The molecule has 4 heteroatoms. The van der Waals surface area contributed by atoms with Crippen LogP contribution in [-0.2, 0) is 9.68 Å². The standard InChI is InChI=1S/C6H14N2O2/c1-5(2)9-7-8-10-6(3)4/h5-6H,1-4H3/b8-7+. The first kappa shape index (κ1) is 9.20. The summed E-state index contributed by atoms with van der Waals surface area (Å²) in [6.07, 6.45) is 0.110. The van der Waals surface area contributed by atoms with E-state index >= 15 is 0 Å². The molecule has 0 unspecified atom stereocenters. The second-order valence-electron chi connectivity index (χ2n) is 2.47. The van der Waals surface area contributed by atoms with Crippen molar-refractivity contribution in [3.8, 4) is 0 Å². The van der Waals surface area contributed by atoms with Gasteiger partial charge in [0.25, 0.3) is 0 Å². The van der Waals surface area contributed by atoms with Gasteiger partial charge in [-0.15, -0.1) is 0 Å². The quantitative estimate of drug-likeness (QED) is 0.450. The maximum atomic E-state index is 4.73. The van der Waals surface area contributed by atoms with Crippen LogP contribution in [0.1, 0.15) is 27.7 Å². The highest BCUT2D eigenvalue weighted by molar-refractivity contribution is 4.29. The lowest BCUT2D eigenvalue weighted by Gasteiger charge is -2.00. The molecule has 0 amide bonds. The molecular formula is C6H14N2O2. The van der Waals surface area contributed by atoms with E-state index in [9.17, 15) is 0 Å². The fourth-order valence-electron chi connectivity index (χ4n) is 0.227. The molecule has 4 nitrogen and oxygen atoms in total. The van der Waals surface area contributed by atoms with Crippen LogP contribution >= 0.6 is 0 Å². The summed E-state index contributed by atoms with van der Waals surface area (Å²) in [5.41, 5.74) is 0. The van der Waals surface area contributed by atoms with Crippen molar-refractivity contribution in [1.29, 1.82) is 0 Å². The Labute approximate surface area is 61.1 Å². The Kier molecular flexibility index (Phi) is 4.62. The Balaban J connectivity index is 3.20. The lowest BCUT2D eigenvalue weighted by molar-refractivity contribution is -0.00737. The summed E-state index contributed by atoms with van der Waals surface area (Å²) in [4.78, 5) is 9.45. The Morgan fingerprint density at radius 1 is 0.800 bits per heavy atom. The molecule has 0 aliphatic heterocycles. The van der Waals surface area contributed by atoms with Gasteiger partial charge in [0.05, 0.1) is 10.6 Å². The van der Waals surface area contributed by atoms with Crippen molar-refractivity contribution in [3.63, 3.8) is 0 Å². The molecule has 0 aliphatic rings. The van der Waals surface area contributed by atoms with Gasteiger partial charge in [-0.2, -0.15) is 0 Å². The van der Waals surface area contributed by atoms with Gasteiger partial charge in [-0.05, 0) is 27.7 Å². The van der Waals surface area contributed by atoms with Crippen LogP contribution in [-0.4, -0.2) is 12.2 Å². The minimum Gasteiger partial charge on any atom is -0.374 e. The van der Waals surface area contributed by atoms with Crippen molar-refractivity contribution >= 4 is 0 Å². The molecule has 0 atom stereocenters. The predicted octanol–water partition coefficient (Wildman–Crippen LogP) is 2.12. The van der Waals surface area contributed by atoms with E-state index in [1.165, 1.54) is 0 Å². The summed E-state index contributed by atoms with van der Waals surface area (Å²) in [5, 5.41) is 6.63. The summed E-state index contributed by atoms with van der Waals surface area (Å²) in [5.74, 6) is 0. The highest BCUT2D eigenvalue weighted by atomic mass is 16.7. The summed E-state index contributed by atoms with van der Waals surface area (Å²) in [6.45, 7) is 7.48. The zero-order chi connectivity index (χ0) is 7.98. The van der Waals surface area contributed by atoms with Gasteiger partial charge >= 0.3 is 0 Å². The fourth-order valence-corrected chi connectivity index (χ4v) is 0.227. The van der Waals surface area contributed by atoms with Crippen LogP contribution in [0.4, 0.5) is 0 Å². The molecular weight excluding hydrogens is 132 g/mol. The molecule has 0 rings (SSSR count). The Hall–Kier alpha value is -0.800. The Bertz CT molecular complexity index is 89.9. The monoisotopic (exact) mass is 146 g/mol. The zero-order valence-corrected chi connectivity index (χ0v) is 6.87. The largest absolute Gasteiger partial charge is 0.374 e. The van der Waals surface area contributed by atoms with Gasteiger partial charge in [0.1, 0.15) is 12.2 Å². The van der Waals surface area contributed by atoms with Crippen molar-refractivity contribution in [1.82, 2.24) is 0 Å². The van der Waals surface area contributed by atoms with Crippen LogP contribution in [0.15, 0.2) is 10.6 Å². The molecule has 10 heavy (non-hydrogen) atoms. The number of hydrogen-bond acceptors (Lipinski definition) is 4. The lowest BCUT2D eigenvalue weighted by atomic mass is 10.5. The molecule has 0 aromatic rings. The van der Waals surface area contributed by atoms with Crippen LogP contribution in [0.5, 0.6) is 0 Å². The smallest absolute Gasteiger partial charge is 0.123 e. The summed E-state index contributed by atoms with van der Waals surface area (Å²) in [7, 11) is 0. The van der Waals surface area contributed by atoms with E-state index in [1.54, 1.807) is 0 Å². The molecule has 0 heterocycles. The third-order valence-electron chi connectivity index (χ3n) is 0.549. The van der Waals surface area contributed by atoms with Gasteiger partial charge in [-0.3, -0.25) is 0 Å². The minimum absolute atomic E-state index is 0.0551. The van der Waals surface area contributed by atoms with E-state index in [-0.39, 0.29) is 12.2 Å². The van der Waals surface area contributed by atoms with E-state index in [1.807, 2.05) is 27.7 Å². The molecule has 0 radical (unpaired) electrons. The molecule has 0 saturated carbocycles. The topological polar surface area (TPSA) is 43.2 Å². The van der Waals surface area contributed by atoms with Crippen LogP contribution in [0.25, 0.3) is 0 Å². The maximum Gasteiger partial charge on any atom is 0.123 e. The van der Waals surface area contributed by atoms with Gasteiger partial charge in [0.2, 0.25) is 0 Å². The Morgan fingerprint density at radius 3 is 1.30 bits per heavy atom. The van der Waals surface area contributed by atoms with Crippen LogP contribution in [0.2, 0.25) is 0 Å². The van der Waals surface area contributed by atoms with Gasteiger partial charge < -0.3 is 9.68 Å². The van der Waals surface area contributed by atoms with Crippen molar-refractivity contribution in [3.05, 3.63) is 0 Å². The third kappa shape index (κ3) is 7.20. The summed E-state index contributed by atoms with van der Waals surface area (Å²) in [6, 6.07) is 0. The molecule has 0 aromatic heterocycles. The third-order valence-corrected chi connectivity index (χ3v) is 0.549. The molecule has 0 N–H and O–H groups in total. The van der Waals surface area contributed by atoms with Crippen LogP contribution in [0.3, 0.4) is 0 Å². The van der Waals surface area contributed by atoms with Crippen molar-refractivity contribution in [2.24, 2.45) is 10.6 Å². The number of nitrogens with zero attached hydrogens (tertiary/aromatic N) is 2. The summed E-state index contributed by atoms with van der Waals surface area (Å²) >= 11 is 0. The average molecular weight is 146 g/mol. The molecule has 0 saturated heterocycles. The first-order valence-corrected chi connectivity index (χ1v) is 3.35. The minimum atomic E-state index is 0.0551. The fraction of sp³-hybridized carbons (Fsp3) is 1.00. The predicted molar refractivity (Wildman–Crippen MR) is 37.3 cm³/mol. The highest BCUT2D eigenvalue weighted by Crippen LogP contribution is 1.92. The van der Waals surface area contributed by atoms with E-state index in [2.05, 4.69) is 10.6 Å². The van der Waals surface area contributed by atoms with E-state index in [0.717, 1.165) is 0 Å². The van der Waals surface area contributed by atoms with E-state index < -0.39 is 0 Å². The number of hydrogen-bond donors (Lipinski definition) is 0. The maximum absolute atomic E-state index is 4.73. The molecule has 60 valence electrons. The van der Waals surface area contributed by atoms with Gasteiger partial charge in [0.15, 0.2) is 0 Å². The van der Waals surface area contributed by atoms with Gasteiger partial charge in [0, 0.05) is 0 Å². The SMILES string of the molecule is CC(C)O/N=N/OC(C)C. The number of rotatable bonds is 4. The average Bonchev–Trinajstić information content (AvgIpc) is 1.79. The first-order valence-electron chi connectivity index (χ1n) is 3.35. The molecule has 0 aromatic carbocycles. The van der Waals surface area contributed by atoms with E-state index in [0.29, 0.717) is 0 Å². The van der Waals surface area contributed by atoms with E-state index in [4.69, 9.17) is 9.68 Å². The molecule has 0 spiro atoms. The zero-order valence-electron chi connectivity index (χ0n) is 6.87. The van der Waals surface area contributed by atoms with Gasteiger partial charge in [-0.25, -0.2) is 0 Å². The van der Waals surface area contributed by atoms with Crippen molar-refractivity contribution in [2.75, 3.05) is 0 Å². The van der Waals surface area contributed by atoms with Crippen LogP contribution < -0.4 is 0 Å². The second kappa shape index (κ2) is 5.02. The Morgan fingerprint density at radius 2 is 1.10 bits per heavy atom. The lowest BCUT2D eigenvalue weighted by Crippen LogP contribution is -1.97. The molecule has 0 aliphatic carbocycles. The summed E-state index contributed by atoms with van der Waals surface area (Å²) < 4.78 is 0. The highest BCUT2D eigenvalue weighted by Gasteiger charge is 1.90. The van der Waals surface area contributed by atoms with Crippen molar-refractivity contribution in [2.45, 2.75) is 39.9 Å². The molecule has 0 fully saturated rings. The normalized spacial score (nSPS) is 11.4. The first-order chi connectivity index (χ1) is 4.63. The molecule has 0 bridgehead atoms. The van der Waals surface area contributed by atoms with Gasteiger partial charge in [-0.1, -0.05) is 0 Å².